The number of benzene rings is 2. The zero-order valence-corrected chi connectivity index (χ0v) is 18.8. The molecule has 3 aromatic rings. The summed E-state index contributed by atoms with van der Waals surface area (Å²) < 4.78 is 18.4. The predicted molar refractivity (Wildman–Crippen MR) is 122 cm³/mol. The Morgan fingerprint density at radius 1 is 1.03 bits per heavy atom. The zero-order valence-electron chi connectivity index (χ0n) is 18.8. The second kappa shape index (κ2) is 9.59. The molecule has 32 heavy (non-hydrogen) atoms. The van der Waals surface area contributed by atoms with Crippen LogP contribution < -0.4 is 30.8 Å². The molecule has 0 aliphatic rings. The smallest absolute Gasteiger partial charge is 0.332 e. The maximum Gasteiger partial charge on any atom is 0.332 e. The molecular weight excluding hydrogens is 414 g/mol. The molecule has 1 atom stereocenters. The number of hydrogen-bond donors (Lipinski definition) is 1. The van der Waals surface area contributed by atoms with Gasteiger partial charge in [0.15, 0.2) is 11.5 Å². The topological polar surface area (TPSA) is 101 Å². The van der Waals surface area contributed by atoms with Crippen molar-refractivity contribution < 1.29 is 19.0 Å². The maximum atomic E-state index is 13.2. The fourth-order valence-electron chi connectivity index (χ4n) is 3.56. The minimum absolute atomic E-state index is 0.271. The fraction of sp³-hybridized carbons (Fsp3) is 0.348. The van der Waals surface area contributed by atoms with Crippen LogP contribution in [0, 0.1) is 0 Å². The Balaban J connectivity index is 2.03. The number of aromatic nitrogens is 2. The number of ether oxygens (including phenoxy) is 3. The minimum atomic E-state index is -0.525. The van der Waals surface area contributed by atoms with E-state index in [4.69, 9.17) is 14.2 Å². The van der Waals surface area contributed by atoms with E-state index in [-0.39, 0.29) is 18.1 Å². The Morgan fingerprint density at radius 2 is 1.66 bits per heavy atom. The molecule has 3 rings (SSSR count). The van der Waals surface area contributed by atoms with Crippen molar-refractivity contribution in [3.63, 3.8) is 0 Å². The summed E-state index contributed by atoms with van der Waals surface area (Å²) in [5.74, 6) is 0.724. The number of rotatable bonds is 8. The van der Waals surface area contributed by atoms with E-state index >= 15 is 0 Å². The first-order chi connectivity index (χ1) is 15.4. The summed E-state index contributed by atoms with van der Waals surface area (Å²) in [6.07, 6.45) is 0.602. The van der Waals surface area contributed by atoms with Gasteiger partial charge in [-0.1, -0.05) is 19.1 Å². The van der Waals surface area contributed by atoms with E-state index in [1.54, 1.807) is 43.3 Å². The summed E-state index contributed by atoms with van der Waals surface area (Å²) in [6.45, 7) is 3.43. The highest BCUT2D eigenvalue weighted by atomic mass is 16.5. The third-order valence-corrected chi connectivity index (χ3v) is 5.36. The van der Waals surface area contributed by atoms with Crippen molar-refractivity contribution in [3.05, 3.63) is 57.2 Å². The number of nitrogens with one attached hydrogen (secondary N) is 1. The molecule has 1 aromatic heterocycles. The SMILES string of the molecule is CC[C@H](C)n1c(=O)c2ccccc2n(CC(=O)Nc2cc(OC)c(OC)c(OC)c2)c1=O. The molecule has 2 aromatic carbocycles. The molecule has 0 radical (unpaired) electrons. The van der Waals surface area contributed by atoms with Gasteiger partial charge in [-0.05, 0) is 25.5 Å². The highest BCUT2D eigenvalue weighted by Crippen LogP contribution is 2.39. The summed E-state index contributed by atoms with van der Waals surface area (Å²) in [5.41, 5.74) is -0.0662. The van der Waals surface area contributed by atoms with Crippen molar-refractivity contribution in [2.45, 2.75) is 32.9 Å². The van der Waals surface area contributed by atoms with Gasteiger partial charge in [0, 0.05) is 23.9 Å². The van der Waals surface area contributed by atoms with E-state index in [0.29, 0.717) is 40.3 Å². The molecule has 0 aliphatic heterocycles. The molecule has 1 N–H and O–H groups in total. The summed E-state index contributed by atoms with van der Waals surface area (Å²) in [6, 6.07) is 9.66. The van der Waals surface area contributed by atoms with E-state index < -0.39 is 11.6 Å². The largest absolute Gasteiger partial charge is 0.493 e. The summed E-state index contributed by atoms with van der Waals surface area (Å²) >= 11 is 0. The first kappa shape index (κ1) is 22.9. The van der Waals surface area contributed by atoms with Crippen LogP contribution in [-0.4, -0.2) is 36.4 Å². The van der Waals surface area contributed by atoms with Gasteiger partial charge >= 0.3 is 5.69 Å². The number of nitrogens with zero attached hydrogens (tertiary/aromatic N) is 2. The molecule has 1 heterocycles. The number of amides is 1. The standard InChI is InChI=1S/C23H27N3O6/c1-6-14(2)26-22(28)16-9-7-8-10-17(16)25(23(26)29)13-20(27)24-15-11-18(30-3)21(32-5)19(12-15)31-4/h7-12,14H,6,13H2,1-5H3,(H,24,27)/t14-/m0/s1. The number of carbonyl (C=O) groups excluding carboxylic acids is 1. The van der Waals surface area contributed by atoms with Crippen LogP contribution in [0.4, 0.5) is 5.69 Å². The normalized spacial score (nSPS) is 11.8. The fourth-order valence-corrected chi connectivity index (χ4v) is 3.56. The second-order valence-corrected chi connectivity index (χ2v) is 7.28. The third-order valence-electron chi connectivity index (χ3n) is 5.36. The maximum absolute atomic E-state index is 13.2. The Hall–Kier alpha value is -3.75. The molecule has 170 valence electrons. The monoisotopic (exact) mass is 441 g/mol. The molecule has 0 saturated heterocycles. The Kier molecular flexibility index (Phi) is 6.87. The number of hydrogen-bond acceptors (Lipinski definition) is 6. The lowest BCUT2D eigenvalue weighted by Crippen LogP contribution is -2.43. The van der Waals surface area contributed by atoms with Gasteiger partial charge < -0.3 is 19.5 Å². The van der Waals surface area contributed by atoms with Crippen molar-refractivity contribution in [1.29, 1.82) is 0 Å². The van der Waals surface area contributed by atoms with Gasteiger partial charge in [0.1, 0.15) is 6.54 Å². The molecule has 0 unspecified atom stereocenters. The number of anilines is 1. The molecule has 1 amide bonds. The Bertz CT molecular complexity index is 1240. The van der Waals surface area contributed by atoms with Crippen LogP contribution in [0.25, 0.3) is 10.9 Å². The van der Waals surface area contributed by atoms with Gasteiger partial charge in [0.25, 0.3) is 5.56 Å². The Labute approximate surface area is 185 Å². The van der Waals surface area contributed by atoms with Gasteiger partial charge in [-0.15, -0.1) is 0 Å². The quantitative estimate of drug-likeness (QED) is 0.577. The zero-order chi connectivity index (χ0) is 23.4. The minimum Gasteiger partial charge on any atom is -0.493 e. The number of fused-ring (bicyclic) bond motifs is 1. The molecule has 0 spiro atoms. The van der Waals surface area contributed by atoms with E-state index in [0.717, 1.165) is 0 Å². The third kappa shape index (κ3) is 4.18. The Morgan fingerprint density at radius 3 is 2.22 bits per heavy atom. The average Bonchev–Trinajstić information content (AvgIpc) is 2.80. The van der Waals surface area contributed by atoms with Gasteiger partial charge in [0.05, 0.1) is 32.2 Å². The van der Waals surface area contributed by atoms with Gasteiger partial charge in [-0.3, -0.25) is 18.7 Å². The molecular formula is C23H27N3O6. The molecule has 0 saturated carbocycles. The molecule has 0 bridgehead atoms. The first-order valence-electron chi connectivity index (χ1n) is 10.2. The van der Waals surface area contributed by atoms with Crippen LogP contribution >= 0.6 is 0 Å². The van der Waals surface area contributed by atoms with Crippen molar-refractivity contribution in [2.24, 2.45) is 0 Å². The van der Waals surface area contributed by atoms with E-state index in [2.05, 4.69) is 5.32 Å². The van der Waals surface area contributed by atoms with Gasteiger partial charge in [-0.25, -0.2) is 4.79 Å². The summed E-state index contributed by atoms with van der Waals surface area (Å²) in [7, 11) is 4.45. The lowest BCUT2D eigenvalue weighted by Gasteiger charge is -2.18. The van der Waals surface area contributed by atoms with E-state index in [9.17, 15) is 14.4 Å². The molecule has 0 aliphatic carbocycles. The lowest BCUT2D eigenvalue weighted by atomic mass is 10.2. The molecule has 9 nitrogen and oxygen atoms in total. The number of carbonyl (C=O) groups is 1. The van der Waals surface area contributed by atoms with E-state index in [1.165, 1.54) is 30.5 Å². The van der Waals surface area contributed by atoms with Crippen LogP contribution in [0.5, 0.6) is 17.2 Å². The van der Waals surface area contributed by atoms with Crippen molar-refractivity contribution in [2.75, 3.05) is 26.6 Å². The highest BCUT2D eigenvalue weighted by Gasteiger charge is 2.19. The van der Waals surface area contributed by atoms with Crippen molar-refractivity contribution in [1.82, 2.24) is 9.13 Å². The average molecular weight is 441 g/mol. The summed E-state index contributed by atoms with van der Waals surface area (Å²) in [5, 5.41) is 3.14. The lowest BCUT2D eigenvalue weighted by molar-refractivity contribution is -0.116. The van der Waals surface area contributed by atoms with Crippen LogP contribution in [0.1, 0.15) is 26.3 Å². The van der Waals surface area contributed by atoms with E-state index in [1.807, 2.05) is 6.92 Å². The van der Waals surface area contributed by atoms with Crippen LogP contribution in [-0.2, 0) is 11.3 Å². The number of para-hydroxylation sites is 1. The van der Waals surface area contributed by atoms with Gasteiger partial charge in [0.2, 0.25) is 11.7 Å². The van der Waals surface area contributed by atoms with Crippen molar-refractivity contribution >= 4 is 22.5 Å². The van der Waals surface area contributed by atoms with Gasteiger partial charge in [-0.2, -0.15) is 0 Å². The van der Waals surface area contributed by atoms with Crippen molar-refractivity contribution in [3.8, 4) is 17.2 Å². The highest BCUT2D eigenvalue weighted by molar-refractivity contribution is 5.92. The second-order valence-electron chi connectivity index (χ2n) is 7.28. The number of methoxy groups -OCH3 is 3. The molecule has 0 fully saturated rings. The predicted octanol–water partition coefficient (Wildman–Crippen LogP) is 2.80. The van der Waals surface area contributed by atoms with Crippen LogP contribution in [0.15, 0.2) is 46.0 Å². The summed E-state index contributed by atoms with van der Waals surface area (Å²) in [4.78, 5) is 39.0. The van der Waals surface area contributed by atoms with Crippen LogP contribution in [0.3, 0.4) is 0 Å². The first-order valence-corrected chi connectivity index (χ1v) is 10.2. The molecule has 9 heteroatoms. The van der Waals surface area contributed by atoms with Crippen LogP contribution in [0.2, 0.25) is 0 Å².